The Bertz CT molecular complexity index is 575. The minimum atomic E-state index is 1.07. The van der Waals surface area contributed by atoms with E-state index < -0.39 is 0 Å². The highest BCUT2D eigenvalue weighted by atomic mass is 15.2. The van der Waals surface area contributed by atoms with Gasteiger partial charge >= 0.3 is 0 Å². The summed E-state index contributed by atoms with van der Waals surface area (Å²) in [4.78, 5) is 7.32. The standard InChI is InChI=1S/C19H22N2/c1-3-9-17(10-4-1)14-16-21-15-8-7-13-19(21)20-18-11-5-2-6-12-18/h1-6,9-12H,7-8,13-16H2. The predicted molar refractivity (Wildman–Crippen MR) is 89.1 cm³/mol. The van der Waals surface area contributed by atoms with E-state index in [-0.39, 0.29) is 0 Å². The largest absolute Gasteiger partial charge is 0.360 e. The van der Waals surface area contributed by atoms with Crippen LogP contribution < -0.4 is 0 Å². The molecule has 21 heavy (non-hydrogen) atoms. The molecular weight excluding hydrogens is 256 g/mol. The van der Waals surface area contributed by atoms with Crippen molar-refractivity contribution in [2.75, 3.05) is 13.1 Å². The van der Waals surface area contributed by atoms with Gasteiger partial charge in [-0.3, -0.25) is 0 Å². The van der Waals surface area contributed by atoms with Gasteiger partial charge in [0.2, 0.25) is 0 Å². The first-order valence-electron chi connectivity index (χ1n) is 7.83. The molecule has 2 aromatic rings. The Kier molecular flexibility index (Phi) is 4.67. The van der Waals surface area contributed by atoms with Crippen LogP contribution in [0.5, 0.6) is 0 Å². The molecule has 1 saturated heterocycles. The Hall–Kier alpha value is -2.09. The quantitative estimate of drug-likeness (QED) is 0.807. The molecule has 0 bridgehead atoms. The number of piperidine rings is 1. The summed E-state index contributed by atoms with van der Waals surface area (Å²) in [6, 6.07) is 21.0. The van der Waals surface area contributed by atoms with E-state index in [1.807, 2.05) is 6.07 Å². The second kappa shape index (κ2) is 7.07. The average Bonchev–Trinajstić information content (AvgIpc) is 2.56. The Morgan fingerprint density at radius 2 is 1.57 bits per heavy atom. The maximum atomic E-state index is 4.85. The molecule has 1 fully saturated rings. The first-order chi connectivity index (χ1) is 10.4. The van der Waals surface area contributed by atoms with Gasteiger partial charge in [-0.2, -0.15) is 0 Å². The van der Waals surface area contributed by atoms with E-state index in [4.69, 9.17) is 4.99 Å². The lowest BCUT2D eigenvalue weighted by atomic mass is 10.1. The first kappa shape index (κ1) is 13.9. The molecule has 2 aromatic carbocycles. The van der Waals surface area contributed by atoms with Crippen LogP contribution in [0.25, 0.3) is 0 Å². The van der Waals surface area contributed by atoms with Gasteiger partial charge < -0.3 is 4.90 Å². The van der Waals surface area contributed by atoms with Crippen LogP contribution in [-0.4, -0.2) is 23.8 Å². The van der Waals surface area contributed by atoms with Crippen molar-refractivity contribution in [3.63, 3.8) is 0 Å². The minimum absolute atomic E-state index is 1.07. The third-order valence-corrected chi connectivity index (χ3v) is 3.97. The molecule has 1 aliphatic heterocycles. The zero-order valence-corrected chi connectivity index (χ0v) is 12.4. The van der Waals surface area contributed by atoms with Crippen molar-refractivity contribution in [2.24, 2.45) is 4.99 Å². The van der Waals surface area contributed by atoms with Crippen LogP contribution in [0, 0.1) is 0 Å². The second-order valence-electron chi connectivity index (χ2n) is 5.54. The van der Waals surface area contributed by atoms with E-state index in [0.29, 0.717) is 0 Å². The molecule has 0 N–H and O–H groups in total. The number of aliphatic imine (C=N–C) groups is 1. The Labute approximate surface area is 127 Å². The maximum absolute atomic E-state index is 4.85. The lowest BCUT2D eigenvalue weighted by molar-refractivity contribution is 0.373. The third-order valence-electron chi connectivity index (χ3n) is 3.97. The second-order valence-corrected chi connectivity index (χ2v) is 5.54. The summed E-state index contributed by atoms with van der Waals surface area (Å²) in [5.41, 5.74) is 2.47. The molecule has 0 amide bonds. The van der Waals surface area contributed by atoms with Gasteiger partial charge in [-0.15, -0.1) is 0 Å². The molecule has 0 aromatic heterocycles. The zero-order chi connectivity index (χ0) is 14.3. The number of hydrogen-bond donors (Lipinski definition) is 0. The molecule has 0 unspecified atom stereocenters. The summed E-state index contributed by atoms with van der Waals surface area (Å²) in [5, 5.41) is 0. The summed E-state index contributed by atoms with van der Waals surface area (Å²) >= 11 is 0. The van der Waals surface area contributed by atoms with Crippen LogP contribution in [0.1, 0.15) is 24.8 Å². The molecule has 108 valence electrons. The molecule has 0 saturated carbocycles. The van der Waals surface area contributed by atoms with Crippen molar-refractivity contribution >= 4 is 11.5 Å². The van der Waals surface area contributed by atoms with E-state index in [9.17, 15) is 0 Å². The first-order valence-corrected chi connectivity index (χ1v) is 7.83. The fourth-order valence-corrected chi connectivity index (χ4v) is 2.80. The van der Waals surface area contributed by atoms with Crippen LogP contribution >= 0.6 is 0 Å². The summed E-state index contributed by atoms with van der Waals surface area (Å²) < 4.78 is 0. The van der Waals surface area contributed by atoms with Crippen LogP contribution in [-0.2, 0) is 6.42 Å². The monoisotopic (exact) mass is 278 g/mol. The molecule has 0 aliphatic carbocycles. The Morgan fingerprint density at radius 1 is 0.857 bits per heavy atom. The zero-order valence-electron chi connectivity index (χ0n) is 12.4. The molecule has 3 rings (SSSR count). The van der Waals surface area contributed by atoms with Crippen molar-refractivity contribution in [2.45, 2.75) is 25.7 Å². The number of hydrogen-bond acceptors (Lipinski definition) is 1. The van der Waals surface area contributed by atoms with Gasteiger partial charge in [0.1, 0.15) is 5.84 Å². The SMILES string of the molecule is c1ccc(CCN2CCCCC2=Nc2ccccc2)cc1. The van der Waals surface area contributed by atoms with E-state index in [1.54, 1.807) is 0 Å². The number of benzene rings is 2. The van der Waals surface area contributed by atoms with E-state index in [2.05, 4.69) is 59.5 Å². The number of nitrogens with zero attached hydrogens (tertiary/aromatic N) is 2. The summed E-state index contributed by atoms with van der Waals surface area (Å²) in [6.07, 6.45) is 4.73. The Balaban J connectivity index is 1.68. The van der Waals surface area contributed by atoms with E-state index in [0.717, 1.165) is 31.6 Å². The van der Waals surface area contributed by atoms with Gasteiger partial charge in [-0.05, 0) is 37.0 Å². The van der Waals surface area contributed by atoms with Crippen LogP contribution in [0.2, 0.25) is 0 Å². The van der Waals surface area contributed by atoms with E-state index >= 15 is 0 Å². The number of likely N-dealkylation sites (tertiary alicyclic amines) is 1. The van der Waals surface area contributed by atoms with Crippen molar-refractivity contribution in [3.8, 4) is 0 Å². The van der Waals surface area contributed by atoms with Crippen LogP contribution in [0.4, 0.5) is 5.69 Å². The van der Waals surface area contributed by atoms with Crippen molar-refractivity contribution in [1.82, 2.24) is 4.90 Å². The van der Waals surface area contributed by atoms with Crippen molar-refractivity contribution in [1.29, 1.82) is 0 Å². The van der Waals surface area contributed by atoms with Crippen LogP contribution in [0.15, 0.2) is 65.7 Å². The van der Waals surface area contributed by atoms with Gasteiger partial charge in [-0.25, -0.2) is 4.99 Å². The fourth-order valence-electron chi connectivity index (χ4n) is 2.80. The van der Waals surface area contributed by atoms with Gasteiger partial charge in [0.15, 0.2) is 0 Å². The summed E-state index contributed by atoms with van der Waals surface area (Å²) in [6.45, 7) is 2.20. The molecule has 2 heteroatoms. The number of para-hydroxylation sites is 1. The molecule has 0 spiro atoms. The molecule has 0 atom stereocenters. The predicted octanol–water partition coefficient (Wildman–Crippen LogP) is 4.45. The topological polar surface area (TPSA) is 15.6 Å². The highest BCUT2D eigenvalue weighted by molar-refractivity contribution is 5.85. The highest BCUT2D eigenvalue weighted by Crippen LogP contribution is 2.18. The minimum Gasteiger partial charge on any atom is -0.360 e. The molecule has 2 nitrogen and oxygen atoms in total. The fraction of sp³-hybridized carbons (Fsp3) is 0.316. The molecule has 1 aliphatic rings. The maximum Gasteiger partial charge on any atom is 0.105 e. The normalized spacial score (nSPS) is 17.1. The average molecular weight is 278 g/mol. The molecule has 1 heterocycles. The number of rotatable bonds is 4. The van der Waals surface area contributed by atoms with Crippen molar-refractivity contribution < 1.29 is 0 Å². The van der Waals surface area contributed by atoms with Gasteiger partial charge in [0.05, 0.1) is 5.69 Å². The third kappa shape index (κ3) is 3.94. The van der Waals surface area contributed by atoms with Gasteiger partial charge in [0, 0.05) is 19.5 Å². The van der Waals surface area contributed by atoms with Gasteiger partial charge in [0.25, 0.3) is 0 Å². The summed E-state index contributed by atoms with van der Waals surface area (Å²) in [5.74, 6) is 1.25. The summed E-state index contributed by atoms with van der Waals surface area (Å²) in [7, 11) is 0. The Morgan fingerprint density at radius 3 is 2.33 bits per heavy atom. The highest BCUT2D eigenvalue weighted by Gasteiger charge is 2.16. The lowest BCUT2D eigenvalue weighted by Crippen LogP contribution is -2.36. The van der Waals surface area contributed by atoms with Crippen LogP contribution in [0.3, 0.4) is 0 Å². The smallest absolute Gasteiger partial charge is 0.105 e. The van der Waals surface area contributed by atoms with E-state index in [1.165, 1.54) is 24.2 Å². The molecule has 0 radical (unpaired) electrons. The van der Waals surface area contributed by atoms with Gasteiger partial charge in [-0.1, -0.05) is 48.5 Å². The lowest BCUT2D eigenvalue weighted by Gasteiger charge is -2.30. The van der Waals surface area contributed by atoms with Crippen molar-refractivity contribution in [3.05, 3.63) is 66.2 Å². The number of amidine groups is 1. The molecular formula is C19H22N2.